The molecule has 4 aromatic carbocycles. The van der Waals surface area contributed by atoms with Crippen molar-refractivity contribution in [1.29, 1.82) is 0 Å². The minimum Gasteiger partial charge on any atom is -0.322 e. The molecule has 0 saturated heterocycles. The number of rotatable bonds is 11. The number of hydrogen-bond donors (Lipinski definition) is 2. The summed E-state index contributed by atoms with van der Waals surface area (Å²) in [5.41, 5.74) is 2.89. The molecule has 0 aliphatic rings. The van der Waals surface area contributed by atoms with Crippen LogP contribution in [0.3, 0.4) is 0 Å². The smallest absolute Gasteiger partial charge is 0.257 e. The third-order valence-corrected chi connectivity index (χ3v) is 7.41. The number of anilines is 2. The first-order valence-electron chi connectivity index (χ1n) is 13.4. The van der Waals surface area contributed by atoms with Gasteiger partial charge in [-0.15, -0.1) is 0 Å². The normalized spacial score (nSPS) is 11.9. The number of sulfonamides is 1. The summed E-state index contributed by atoms with van der Waals surface area (Å²) in [6.45, 7) is 2.06. The highest BCUT2D eigenvalue weighted by Crippen LogP contribution is 2.21. The van der Waals surface area contributed by atoms with Crippen LogP contribution in [0.25, 0.3) is 6.08 Å². The Morgan fingerprint density at radius 3 is 1.95 bits per heavy atom. The van der Waals surface area contributed by atoms with Gasteiger partial charge in [-0.05, 0) is 66.9 Å². The van der Waals surface area contributed by atoms with E-state index in [4.69, 9.17) is 0 Å². The minimum absolute atomic E-state index is 0.0567. The van der Waals surface area contributed by atoms with Crippen LogP contribution in [0.15, 0.2) is 121 Å². The molecule has 4 aromatic rings. The van der Waals surface area contributed by atoms with Gasteiger partial charge >= 0.3 is 0 Å². The van der Waals surface area contributed by atoms with Gasteiger partial charge in [0.25, 0.3) is 15.9 Å². The first-order valence-corrected chi connectivity index (χ1v) is 14.9. The zero-order valence-electron chi connectivity index (χ0n) is 23.0. The van der Waals surface area contributed by atoms with Crippen LogP contribution >= 0.6 is 0 Å². The van der Waals surface area contributed by atoms with E-state index in [9.17, 15) is 22.8 Å². The monoisotopic (exact) mass is 581 g/mol. The van der Waals surface area contributed by atoms with Gasteiger partial charge in [0, 0.05) is 23.5 Å². The number of hydrogen-bond acceptors (Lipinski definition) is 5. The van der Waals surface area contributed by atoms with Gasteiger partial charge in [-0.3, -0.25) is 14.4 Å². The van der Waals surface area contributed by atoms with E-state index in [0.29, 0.717) is 28.1 Å². The average molecular weight is 582 g/mol. The zero-order chi connectivity index (χ0) is 30.0. The molecule has 0 heterocycles. The van der Waals surface area contributed by atoms with Crippen LogP contribution in [0, 0.1) is 5.92 Å². The lowest BCUT2D eigenvalue weighted by Gasteiger charge is -2.26. The highest BCUT2D eigenvalue weighted by Gasteiger charge is 2.33. The van der Waals surface area contributed by atoms with Crippen molar-refractivity contribution < 1.29 is 22.8 Å². The van der Waals surface area contributed by atoms with Crippen LogP contribution < -0.4 is 14.9 Å². The van der Waals surface area contributed by atoms with Crippen LogP contribution in [0.5, 0.6) is 0 Å². The van der Waals surface area contributed by atoms with Crippen LogP contribution in [-0.4, -0.2) is 32.7 Å². The maximum absolute atomic E-state index is 13.8. The fraction of sp³-hybridized carbons (Fsp3) is 0.121. The number of carbonyl (C=O) groups excluding carboxylic acids is 3. The molecule has 8 nitrogen and oxygen atoms in total. The first-order chi connectivity index (χ1) is 20.3. The minimum atomic E-state index is -4.19. The lowest BCUT2D eigenvalue weighted by molar-refractivity contribution is -0.132. The Bertz CT molecular complexity index is 1640. The van der Waals surface area contributed by atoms with E-state index in [1.807, 2.05) is 12.1 Å². The van der Waals surface area contributed by atoms with Gasteiger partial charge < -0.3 is 10.2 Å². The fourth-order valence-corrected chi connectivity index (χ4v) is 5.11. The van der Waals surface area contributed by atoms with Gasteiger partial charge in [0.05, 0.1) is 5.41 Å². The molecule has 0 fully saturated rings. The molecule has 1 unspecified atom stereocenters. The van der Waals surface area contributed by atoms with Crippen LogP contribution in [0.2, 0.25) is 0 Å². The van der Waals surface area contributed by atoms with E-state index >= 15 is 0 Å². The highest BCUT2D eigenvalue weighted by atomic mass is 32.2. The molecule has 3 amide bonds. The molecule has 0 aliphatic carbocycles. The largest absolute Gasteiger partial charge is 0.322 e. The predicted molar refractivity (Wildman–Crippen MR) is 165 cm³/mol. The van der Waals surface area contributed by atoms with Crippen molar-refractivity contribution in [2.24, 2.45) is 5.92 Å². The summed E-state index contributed by atoms with van der Waals surface area (Å²) < 4.78 is 27.6. The van der Waals surface area contributed by atoms with Crippen molar-refractivity contribution in [2.75, 3.05) is 16.8 Å². The van der Waals surface area contributed by atoms with E-state index in [1.165, 1.54) is 11.0 Å². The average Bonchev–Trinajstić information content (AvgIpc) is 3.01. The molecular weight excluding hydrogens is 550 g/mol. The Balaban J connectivity index is 1.55. The molecule has 0 spiro atoms. The Morgan fingerprint density at radius 2 is 1.36 bits per heavy atom. The van der Waals surface area contributed by atoms with E-state index in [1.54, 1.807) is 110 Å². The molecule has 0 aliphatic heterocycles. The maximum atomic E-state index is 13.8. The van der Waals surface area contributed by atoms with Crippen molar-refractivity contribution in [2.45, 2.75) is 13.3 Å². The van der Waals surface area contributed by atoms with Crippen LogP contribution in [0.1, 0.15) is 28.4 Å². The zero-order valence-corrected chi connectivity index (χ0v) is 23.8. The molecule has 0 bridgehead atoms. The highest BCUT2D eigenvalue weighted by molar-refractivity contribution is 7.93. The summed E-state index contributed by atoms with van der Waals surface area (Å²) in [5.74, 6) is -3.08. The molecule has 2 N–H and O–H groups in total. The third-order valence-electron chi connectivity index (χ3n) is 6.43. The second kappa shape index (κ2) is 14.0. The summed E-state index contributed by atoms with van der Waals surface area (Å²) in [4.78, 5) is 41.1. The fourth-order valence-electron chi connectivity index (χ4n) is 4.28. The van der Waals surface area contributed by atoms with E-state index < -0.39 is 27.8 Å². The number of nitrogens with zero attached hydrogens (tertiary/aromatic N) is 1. The Kier molecular flexibility index (Phi) is 10.0. The Labute approximate surface area is 245 Å². The number of para-hydroxylation sites is 1. The van der Waals surface area contributed by atoms with Gasteiger partial charge in [0.15, 0.2) is 0 Å². The summed E-state index contributed by atoms with van der Waals surface area (Å²) >= 11 is 0. The van der Waals surface area contributed by atoms with Gasteiger partial charge in [-0.1, -0.05) is 78.9 Å². The number of benzene rings is 4. The standard InChI is InChI=1S/C33H31N3O5S/c1-2-36(29-16-10-5-11-17-29)33(39)30(32(38)35-42(40,41)23-22-25-12-6-3-7-13-25)24-26-18-20-28(21-19-26)34-31(37)27-14-8-4-9-15-27/h3-23,30H,2,24H2,1H3,(H,34,37)(H,35,38)/b23-22+. The molecule has 0 radical (unpaired) electrons. The van der Waals surface area contributed by atoms with Crippen molar-refractivity contribution in [3.63, 3.8) is 0 Å². The quantitative estimate of drug-likeness (QED) is 0.235. The second-order valence-electron chi connectivity index (χ2n) is 9.42. The Morgan fingerprint density at radius 1 is 0.786 bits per heavy atom. The van der Waals surface area contributed by atoms with E-state index in [2.05, 4.69) is 10.0 Å². The van der Waals surface area contributed by atoms with Gasteiger partial charge in [0.2, 0.25) is 11.8 Å². The number of nitrogens with one attached hydrogen (secondary N) is 2. The third kappa shape index (κ3) is 8.25. The first kappa shape index (κ1) is 30.0. The molecule has 42 heavy (non-hydrogen) atoms. The summed E-state index contributed by atoms with van der Waals surface area (Å²) in [5, 5.41) is 3.71. The lowest BCUT2D eigenvalue weighted by Crippen LogP contribution is -2.46. The summed E-state index contributed by atoms with van der Waals surface area (Å²) in [6, 6.07) is 33.2. The van der Waals surface area contributed by atoms with Crippen molar-refractivity contribution in [1.82, 2.24) is 4.72 Å². The summed E-state index contributed by atoms with van der Waals surface area (Å²) in [7, 11) is -4.19. The van der Waals surface area contributed by atoms with Crippen molar-refractivity contribution >= 4 is 45.2 Å². The van der Waals surface area contributed by atoms with E-state index in [0.717, 1.165) is 5.41 Å². The molecule has 0 saturated carbocycles. The molecule has 214 valence electrons. The van der Waals surface area contributed by atoms with Crippen molar-refractivity contribution in [3.8, 4) is 0 Å². The lowest BCUT2D eigenvalue weighted by atomic mass is 9.96. The van der Waals surface area contributed by atoms with Crippen molar-refractivity contribution in [3.05, 3.63) is 137 Å². The van der Waals surface area contributed by atoms with Crippen LogP contribution in [-0.2, 0) is 26.0 Å². The molecular formula is C33H31N3O5S. The predicted octanol–water partition coefficient (Wildman–Crippen LogP) is 5.27. The van der Waals surface area contributed by atoms with Gasteiger partial charge in [-0.25, -0.2) is 13.1 Å². The topological polar surface area (TPSA) is 113 Å². The Hall–Kier alpha value is -5.02. The number of amides is 3. The SMILES string of the molecule is CCN(C(=O)C(Cc1ccc(NC(=O)c2ccccc2)cc1)C(=O)NS(=O)(=O)/C=C/c1ccccc1)c1ccccc1. The molecule has 9 heteroatoms. The van der Waals surface area contributed by atoms with Gasteiger partial charge in [-0.2, -0.15) is 0 Å². The van der Waals surface area contributed by atoms with Crippen LogP contribution in [0.4, 0.5) is 11.4 Å². The molecule has 1 atom stereocenters. The van der Waals surface area contributed by atoms with E-state index in [-0.39, 0.29) is 18.9 Å². The molecule has 0 aromatic heterocycles. The van der Waals surface area contributed by atoms with Gasteiger partial charge in [0.1, 0.15) is 5.92 Å². The number of carbonyl (C=O) groups is 3. The summed E-state index contributed by atoms with van der Waals surface area (Å²) in [6.07, 6.45) is 1.32. The molecule has 4 rings (SSSR count). The second-order valence-corrected chi connectivity index (χ2v) is 11.0. The maximum Gasteiger partial charge on any atom is 0.257 e.